The molecule has 0 fully saturated rings. The molecule has 0 atom stereocenters. The highest BCUT2D eigenvalue weighted by Crippen LogP contribution is 2.17. The van der Waals surface area contributed by atoms with Gasteiger partial charge in [-0.05, 0) is 38.8 Å². The molecular weight excluding hydrogens is 290 g/mol. The standard InChI is InChI=1S/C12H13N3.C6H12O2/c1-9-14-7-12(8-15-9)11-4-2-10(6-13)3-5-11;1-5(7)8-6(2,3)4/h2-5,7-8H,6,13H2,1H3;1-4H3. The van der Waals surface area contributed by atoms with Crippen LogP contribution in [-0.2, 0) is 16.1 Å². The Bertz CT molecular complexity index is 614. The molecule has 0 bridgehead atoms. The topological polar surface area (TPSA) is 78.1 Å². The molecule has 5 nitrogen and oxygen atoms in total. The van der Waals surface area contributed by atoms with Crippen molar-refractivity contribution in [3.8, 4) is 11.1 Å². The largest absolute Gasteiger partial charge is 0.460 e. The molecule has 5 heteroatoms. The Kier molecular flexibility index (Phi) is 6.85. The summed E-state index contributed by atoms with van der Waals surface area (Å²) in [5, 5.41) is 0. The van der Waals surface area contributed by atoms with E-state index in [-0.39, 0.29) is 11.6 Å². The van der Waals surface area contributed by atoms with E-state index in [1.54, 1.807) is 0 Å². The highest BCUT2D eigenvalue weighted by Gasteiger charge is 2.11. The molecule has 1 heterocycles. The second kappa shape index (κ2) is 8.39. The van der Waals surface area contributed by atoms with Crippen LogP contribution in [0.5, 0.6) is 0 Å². The van der Waals surface area contributed by atoms with Gasteiger partial charge in [0.15, 0.2) is 0 Å². The predicted molar refractivity (Wildman–Crippen MR) is 91.6 cm³/mol. The van der Waals surface area contributed by atoms with Crippen molar-refractivity contribution in [2.75, 3.05) is 0 Å². The quantitative estimate of drug-likeness (QED) is 0.861. The normalized spacial score (nSPS) is 10.5. The summed E-state index contributed by atoms with van der Waals surface area (Å²) in [6.45, 7) is 9.38. The molecular formula is C18H25N3O2. The number of carbonyl (C=O) groups is 1. The molecule has 0 aliphatic rings. The third kappa shape index (κ3) is 7.51. The number of nitrogens with zero attached hydrogens (tertiary/aromatic N) is 2. The Balaban J connectivity index is 0.000000284. The highest BCUT2D eigenvalue weighted by atomic mass is 16.6. The van der Waals surface area contributed by atoms with E-state index in [2.05, 4.69) is 9.97 Å². The summed E-state index contributed by atoms with van der Waals surface area (Å²) in [4.78, 5) is 18.6. The minimum Gasteiger partial charge on any atom is -0.460 e. The minimum absolute atomic E-state index is 0.225. The molecule has 2 N–H and O–H groups in total. The Morgan fingerprint density at radius 1 is 1.09 bits per heavy atom. The Morgan fingerprint density at radius 2 is 1.61 bits per heavy atom. The molecule has 2 aromatic rings. The number of hydrogen-bond donors (Lipinski definition) is 1. The van der Waals surface area contributed by atoms with E-state index in [0.717, 1.165) is 22.5 Å². The van der Waals surface area contributed by atoms with Gasteiger partial charge in [-0.1, -0.05) is 24.3 Å². The number of esters is 1. The number of nitrogens with two attached hydrogens (primary N) is 1. The van der Waals surface area contributed by atoms with Crippen LogP contribution in [0.4, 0.5) is 0 Å². The summed E-state index contributed by atoms with van der Waals surface area (Å²) in [6, 6.07) is 8.12. The van der Waals surface area contributed by atoms with Gasteiger partial charge >= 0.3 is 5.97 Å². The van der Waals surface area contributed by atoms with Crippen molar-refractivity contribution in [1.82, 2.24) is 9.97 Å². The monoisotopic (exact) mass is 315 g/mol. The van der Waals surface area contributed by atoms with E-state index in [1.807, 2.05) is 64.4 Å². The van der Waals surface area contributed by atoms with Gasteiger partial charge in [0.05, 0.1) is 0 Å². The van der Waals surface area contributed by atoms with Crippen molar-refractivity contribution in [2.45, 2.75) is 46.8 Å². The SMILES string of the molecule is CC(=O)OC(C)(C)C.Cc1ncc(-c2ccc(CN)cc2)cn1. The smallest absolute Gasteiger partial charge is 0.303 e. The summed E-state index contributed by atoms with van der Waals surface area (Å²) in [6.07, 6.45) is 3.67. The van der Waals surface area contributed by atoms with Crippen LogP contribution >= 0.6 is 0 Å². The van der Waals surface area contributed by atoms with Crippen LogP contribution in [0.3, 0.4) is 0 Å². The first-order valence-electron chi connectivity index (χ1n) is 7.49. The highest BCUT2D eigenvalue weighted by molar-refractivity contribution is 5.66. The molecule has 124 valence electrons. The average molecular weight is 315 g/mol. The molecule has 0 unspecified atom stereocenters. The summed E-state index contributed by atoms with van der Waals surface area (Å²) in [5.74, 6) is 0.565. The number of carbonyl (C=O) groups excluding carboxylic acids is 1. The van der Waals surface area contributed by atoms with Crippen molar-refractivity contribution in [3.63, 3.8) is 0 Å². The molecule has 0 spiro atoms. The van der Waals surface area contributed by atoms with E-state index in [0.29, 0.717) is 6.54 Å². The zero-order valence-corrected chi connectivity index (χ0v) is 14.5. The first-order chi connectivity index (χ1) is 10.7. The van der Waals surface area contributed by atoms with Gasteiger partial charge in [0.2, 0.25) is 0 Å². The number of aryl methyl sites for hydroxylation is 1. The molecule has 1 aromatic carbocycles. The van der Waals surface area contributed by atoms with Gasteiger partial charge in [-0.3, -0.25) is 4.79 Å². The van der Waals surface area contributed by atoms with Crippen molar-refractivity contribution in [2.24, 2.45) is 5.73 Å². The predicted octanol–water partition coefficient (Wildman–Crippen LogP) is 3.26. The molecule has 0 saturated heterocycles. The maximum absolute atomic E-state index is 10.2. The van der Waals surface area contributed by atoms with Gasteiger partial charge in [-0.15, -0.1) is 0 Å². The summed E-state index contributed by atoms with van der Waals surface area (Å²) in [5.41, 5.74) is 8.49. The van der Waals surface area contributed by atoms with Crippen molar-refractivity contribution < 1.29 is 9.53 Å². The second-order valence-corrected chi connectivity index (χ2v) is 6.13. The number of rotatable bonds is 2. The van der Waals surface area contributed by atoms with Crippen LogP contribution in [-0.4, -0.2) is 21.5 Å². The summed E-state index contributed by atoms with van der Waals surface area (Å²) < 4.78 is 4.80. The van der Waals surface area contributed by atoms with Gasteiger partial charge in [0, 0.05) is 31.4 Å². The number of ether oxygens (including phenoxy) is 1. The zero-order valence-electron chi connectivity index (χ0n) is 14.5. The van der Waals surface area contributed by atoms with Crippen LogP contribution in [0.1, 0.15) is 39.1 Å². The molecule has 2 rings (SSSR count). The fourth-order valence-corrected chi connectivity index (χ4v) is 1.81. The average Bonchev–Trinajstić information content (AvgIpc) is 2.46. The maximum atomic E-state index is 10.2. The van der Waals surface area contributed by atoms with Gasteiger partial charge < -0.3 is 10.5 Å². The number of hydrogen-bond acceptors (Lipinski definition) is 5. The van der Waals surface area contributed by atoms with E-state index in [9.17, 15) is 4.79 Å². The molecule has 23 heavy (non-hydrogen) atoms. The zero-order chi connectivity index (χ0) is 17.5. The fourth-order valence-electron chi connectivity index (χ4n) is 1.81. The minimum atomic E-state index is -0.328. The van der Waals surface area contributed by atoms with Crippen molar-refractivity contribution >= 4 is 5.97 Å². The van der Waals surface area contributed by atoms with E-state index >= 15 is 0 Å². The Hall–Kier alpha value is -2.27. The molecule has 0 radical (unpaired) electrons. The summed E-state index contributed by atoms with van der Waals surface area (Å²) in [7, 11) is 0. The fraction of sp³-hybridized carbons (Fsp3) is 0.389. The lowest BCUT2D eigenvalue weighted by Crippen LogP contribution is -2.21. The van der Waals surface area contributed by atoms with Crippen LogP contribution in [0.2, 0.25) is 0 Å². The number of aromatic nitrogens is 2. The van der Waals surface area contributed by atoms with Crippen LogP contribution in [0, 0.1) is 6.92 Å². The van der Waals surface area contributed by atoms with E-state index < -0.39 is 0 Å². The lowest BCUT2D eigenvalue weighted by Gasteiger charge is -2.17. The first kappa shape index (κ1) is 18.8. The number of benzene rings is 1. The van der Waals surface area contributed by atoms with Gasteiger partial charge in [0.1, 0.15) is 11.4 Å². The van der Waals surface area contributed by atoms with Gasteiger partial charge in [-0.2, -0.15) is 0 Å². The van der Waals surface area contributed by atoms with E-state index in [1.165, 1.54) is 6.92 Å². The van der Waals surface area contributed by atoms with Crippen molar-refractivity contribution in [1.29, 1.82) is 0 Å². The van der Waals surface area contributed by atoms with E-state index in [4.69, 9.17) is 10.5 Å². The van der Waals surface area contributed by atoms with Crippen LogP contribution in [0.15, 0.2) is 36.7 Å². The lowest BCUT2D eigenvalue weighted by molar-refractivity contribution is -0.151. The van der Waals surface area contributed by atoms with Crippen LogP contribution < -0.4 is 5.73 Å². The third-order valence-electron chi connectivity index (χ3n) is 2.75. The molecule has 0 aliphatic heterocycles. The Labute approximate surface area is 137 Å². The summed E-state index contributed by atoms with van der Waals surface area (Å²) >= 11 is 0. The molecule has 0 saturated carbocycles. The lowest BCUT2D eigenvalue weighted by atomic mass is 10.1. The Morgan fingerprint density at radius 3 is 1.96 bits per heavy atom. The van der Waals surface area contributed by atoms with Gasteiger partial charge in [-0.25, -0.2) is 9.97 Å². The van der Waals surface area contributed by atoms with Crippen molar-refractivity contribution in [3.05, 3.63) is 48.0 Å². The first-order valence-corrected chi connectivity index (χ1v) is 7.49. The van der Waals surface area contributed by atoms with Crippen LogP contribution in [0.25, 0.3) is 11.1 Å². The second-order valence-electron chi connectivity index (χ2n) is 6.13. The molecule has 1 aromatic heterocycles. The molecule has 0 amide bonds. The molecule has 0 aliphatic carbocycles. The third-order valence-corrected chi connectivity index (χ3v) is 2.75. The van der Waals surface area contributed by atoms with Gasteiger partial charge in [0.25, 0.3) is 0 Å². The maximum Gasteiger partial charge on any atom is 0.303 e.